The van der Waals surface area contributed by atoms with E-state index < -0.39 is 6.10 Å². The van der Waals surface area contributed by atoms with Gasteiger partial charge in [0.25, 0.3) is 0 Å². The first-order valence-corrected chi connectivity index (χ1v) is 10.6. The monoisotopic (exact) mass is 518 g/mol. The zero-order chi connectivity index (χ0) is 20.2. The smallest absolute Gasteiger partial charge is 0.191 e. The highest BCUT2D eigenvalue weighted by molar-refractivity contribution is 14.0. The molecule has 1 saturated heterocycles. The van der Waals surface area contributed by atoms with Gasteiger partial charge >= 0.3 is 0 Å². The third kappa shape index (κ3) is 10.6. The maximum absolute atomic E-state index is 10.1. The summed E-state index contributed by atoms with van der Waals surface area (Å²) in [4.78, 5) is 7.07. The van der Waals surface area contributed by atoms with Crippen LogP contribution in [0.3, 0.4) is 0 Å². The molecule has 7 heteroatoms. The molecule has 0 spiro atoms. The number of aliphatic hydroxyl groups excluding tert-OH is 1. The molecule has 0 saturated carbocycles. The molecule has 1 aliphatic rings. The second-order valence-corrected chi connectivity index (χ2v) is 7.94. The Kier molecular flexibility index (Phi) is 13.5. The highest BCUT2D eigenvalue weighted by Gasteiger charge is 2.24. The fourth-order valence-corrected chi connectivity index (χ4v) is 3.40. The van der Waals surface area contributed by atoms with E-state index in [1.807, 2.05) is 0 Å². The van der Waals surface area contributed by atoms with Crippen LogP contribution in [0.25, 0.3) is 0 Å². The van der Waals surface area contributed by atoms with Crippen molar-refractivity contribution in [2.24, 2.45) is 10.9 Å². The molecule has 1 aromatic carbocycles. The Morgan fingerprint density at radius 3 is 2.69 bits per heavy atom. The third-order valence-corrected chi connectivity index (χ3v) is 4.80. The number of likely N-dealkylation sites (tertiary alicyclic amines) is 1. The molecule has 2 rings (SSSR count). The predicted molar refractivity (Wildman–Crippen MR) is 131 cm³/mol. The number of guanidine groups is 1. The van der Waals surface area contributed by atoms with Crippen molar-refractivity contribution in [2.75, 3.05) is 39.4 Å². The topological polar surface area (TPSA) is 69.1 Å². The number of hydrogen-bond donors (Lipinski definition) is 3. The minimum Gasteiger partial charge on any atom is -0.389 e. The van der Waals surface area contributed by atoms with Crippen LogP contribution in [0.4, 0.5) is 0 Å². The van der Waals surface area contributed by atoms with Crippen molar-refractivity contribution in [3.63, 3.8) is 0 Å². The van der Waals surface area contributed by atoms with E-state index in [0.29, 0.717) is 31.7 Å². The number of nitrogens with one attached hydrogen (secondary N) is 2. The maximum atomic E-state index is 10.1. The van der Waals surface area contributed by atoms with E-state index in [9.17, 15) is 5.11 Å². The first kappa shape index (κ1) is 26.1. The van der Waals surface area contributed by atoms with Gasteiger partial charge in [0.05, 0.1) is 19.3 Å². The Morgan fingerprint density at radius 2 is 2.00 bits per heavy atom. The van der Waals surface area contributed by atoms with E-state index >= 15 is 0 Å². The van der Waals surface area contributed by atoms with Crippen molar-refractivity contribution >= 4 is 29.9 Å². The van der Waals surface area contributed by atoms with Crippen LogP contribution in [0, 0.1) is 5.92 Å². The molecule has 0 aliphatic carbocycles. The van der Waals surface area contributed by atoms with Crippen LogP contribution < -0.4 is 10.6 Å². The van der Waals surface area contributed by atoms with Crippen LogP contribution in [0.1, 0.15) is 39.2 Å². The second-order valence-electron chi connectivity index (χ2n) is 7.94. The molecule has 0 amide bonds. The van der Waals surface area contributed by atoms with Gasteiger partial charge in [-0.15, -0.1) is 24.0 Å². The average Bonchev–Trinajstić information content (AvgIpc) is 3.11. The zero-order valence-corrected chi connectivity index (χ0v) is 20.5. The molecule has 0 bridgehead atoms. The van der Waals surface area contributed by atoms with Gasteiger partial charge in [-0.25, -0.2) is 0 Å². The minimum atomic E-state index is -0.574. The van der Waals surface area contributed by atoms with Gasteiger partial charge in [-0.1, -0.05) is 44.2 Å². The zero-order valence-electron chi connectivity index (χ0n) is 18.1. The van der Waals surface area contributed by atoms with Gasteiger partial charge in [-0.05, 0) is 37.8 Å². The molecule has 0 radical (unpaired) electrons. The lowest BCUT2D eigenvalue weighted by molar-refractivity contribution is 0.0301. The number of nitrogens with zero attached hydrogens (tertiary/aromatic N) is 2. The second kappa shape index (κ2) is 15.0. The maximum Gasteiger partial charge on any atom is 0.191 e. The summed E-state index contributed by atoms with van der Waals surface area (Å²) in [6.07, 6.45) is 1.86. The summed E-state index contributed by atoms with van der Waals surface area (Å²) in [5.74, 6) is 1.23. The standard InChI is InChI=1S/C22H38N4O2.HI/c1-4-23-22(25-14-21(27)17-28-16-18(2)3)24-13-20-11-8-12-26(20)15-19-9-6-5-7-10-19;/h5-7,9-10,18,20-21,27H,4,8,11-17H2,1-3H3,(H2,23,24,25);1H. The van der Waals surface area contributed by atoms with E-state index in [2.05, 4.69) is 71.6 Å². The minimum absolute atomic E-state index is 0. The van der Waals surface area contributed by atoms with E-state index in [0.717, 1.165) is 32.1 Å². The van der Waals surface area contributed by atoms with Gasteiger partial charge in [0, 0.05) is 32.3 Å². The van der Waals surface area contributed by atoms with Gasteiger partial charge in [0.15, 0.2) is 5.96 Å². The SMILES string of the molecule is CCNC(=NCC(O)COCC(C)C)NCC1CCCN1Cc1ccccc1.I. The fraction of sp³-hybridized carbons (Fsp3) is 0.682. The summed E-state index contributed by atoms with van der Waals surface area (Å²) in [7, 11) is 0. The molecule has 166 valence electrons. The molecule has 6 nitrogen and oxygen atoms in total. The highest BCUT2D eigenvalue weighted by Crippen LogP contribution is 2.19. The Hall–Kier alpha value is -0.900. The summed E-state index contributed by atoms with van der Waals surface area (Å²) in [6, 6.07) is 11.2. The predicted octanol–water partition coefficient (Wildman–Crippen LogP) is 2.86. The van der Waals surface area contributed by atoms with E-state index in [1.165, 1.54) is 18.4 Å². The summed E-state index contributed by atoms with van der Waals surface area (Å²) >= 11 is 0. The van der Waals surface area contributed by atoms with Crippen molar-refractivity contribution in [2.45, 2.75) is 52.3 Å². The van der Waals surface area contributed by atoms with Gasteiger partial charge in [-0.3, -0.25) is 9.89 Å². The Morgan fingerprint density at radius 1 is 1.24 bits per heavy atom. The van der Waals surface area contributed by atoms with E-state index in [-0.39, 0.29) is 24.0 Å². The largest absolute Gasteiger partial charge is 0.389 e. The summed E-state index contributed by atoms with van der Waals surface area (Å²) in [5.41, 5.74) is 1.36. The summed E-state index contributed by atoms with van der Waals surface area (Å²) < 4.78 is 5.49. The quantitative estimate of drug-likeness (QED) is 0.239. The molecule has 29 heavy (non-hydrogen) atoms. The first-order chi connectivity index (χ1) is 13.6. The van der Waals surface area contributed by atoms with Crippen molar-refractivity contribution in [3.8, 4) is 0 Å². The lowest BCUT2D eigenvalue weighted by Gasteiger charge is -2.25. The average molecular weight is 518 g/mol. The van der Waals surface area contributed by atoms with Gasteiger partial charge in [0.1, 0.15) is 0 Å². The third-order valence-electron chi connectivity index (χ3n) is 4.80. The Bertz CT molecular complexity index is 571. The lowest BCUT2D eigenvalue weighted by atomic mass is 10.2. The van der Waals surface area contributed by atoms with Crippen LogP contribution in [0.15, 0.2) is 35.3 Å². The van der Waals surface area contributed by atoms with Gasteiger partial charge in [0.2, 0.25) is 0 Å². The van der Waals surface area contributed by atoms with Gasteiger partial charge < -0.3 is 20.5 Å². The van der Waals surface area contributed by atoms with Crippen LogP contribution in [0.5, 0.6) is 0 Å². The number of halogens is 1. The molecule has 3 N–H and O–H groups in total. The van der Waals surface area contributed by atoms with Gasteiger partial charge in [-0.2, -0.15) is 0 Å². The molecule has 1 aliphatic heterocycles. The fourth-order valence-electron chi connectivity index (χ4n) is 3.40. The molecule has 2 atom stereocenters. The number of aliphatic imine (C=N–C) groups is 1. The number of ether oxygens (including phenoxy) is 1. The lowest BCUT2D eigenvalue weighted by Crippen LogP contribution is -2.45. The van der Waals surface area contributed by atoms with E-state index in [1.54, 1.807) is 0 Å². The number of rotatable bonds is 11. The molecule has 0 aromatic heterocycles. The molecular formula is C22H39IN4O2. The Balaban J connectivity index is 0.00000420. The van der Waals surface area contributed by atoms with Crippen molar-refractivity contribution in [3.05, 3.63) is 35.9 Å². The number of aliphatic hydroxyl groups is 1. The normalized spacial score (nSPS) is 18.5. The number of hydrogen-bond acceptors (Lipinski definition) is 4. The highest BCUT2D eigenvalue weighted by atomic mass is 127. The Labute approximate surface area is 193 Å². The van der Waals surface area contributed by atoms with Crippen molar-refractivity contribution in [1.82, 2.24) is 15.5 Å². The van der Waals surface area contributed by atoms with Crippen molar-refractivity contribution < 1.29 is 9.84 Å². The molecule has 1 aromatic rings. The van der Waals surface area contributed by atoms with Crippen LogP contribution in [-0.2, 0) is 11.3 Å². The van der Waals surface area contributed by atoms with Crippen LogP contribution in [-0.4, -0.2) is 67.5 Å². The van der Waals surface area contributed by atoms with Crippen LogP contribution >= 0.6 is 24.0 Å². The molecule has 2 unspecified atom stereocenters. The molecule has 1 heterocycles. The van der Waals surface area contributed by atoms with Crippen LogP contribution in [0.2, 0.25) is 0 Å². The van der Waals surface area contributed by atoms with Crippen molar-refractivity contribution in [1.29, 1.82) is 0 Å². The molecular weight excluding hydrogens is 479 g/mol. The first-order valence-electron chi connectivity index (χ1n) is 10.6. The molecule has 1 fully saturated rings. The summed E-state index contributed by atoms with van der Waals surface area (Å²) in [5, 5.41) is 16.8. The van der Waals surface area contributed by atoms with E-state index in [4.69, 9.17) is 4.74 Å². The number of benzene rings is 1. The summed E-state index contributed by atoms with van der Waals surface area (Å²) in [6.45, 7) is 11.4.